The SMILES string of the molecule is COC(=O)C1CN(C(=O)OC)CCC[N]1. The zero-order chi connectivity index (χ0) is 11.3. The quantitative estimate of drug-likeness (QED) is 0.558. The van der Waals surface area contributed by atoms with E-state index < -0.39 is 18.1 Å². The zero-order valence-corrected chi connectivity index (χ0v) is 8.93. The van der Waals surface area contributed by atoms with E-state index in [0.717, 1.165) is 6.42 Å². The average Bonchev–Trinajstić information content (AvgIpc) is 2.52. The van der Waals surface area contributed by atoms with E-state index >= 15 is 0 Å². The molecule has 85 valence electrons. The second-order valence-corrected chi connectivity index (χ2v) is 3.21. The van der Waals surface area contributed by atoms with Crippen LogP contribution in [-0.4, -0.2) is 56.9 Å². The summed E-state index contributed by atoms with van der Waals surface area (Å²) in [6.45, 7) is 1.36. The number of esters is 1. The number of carbonyl (C=O) groups excluding carboxylic acids is 2. The number of hydrogen-bond acceptors (Lipinski definition) is 4. The molecule has 6 nitrogen and oxygen atoms in total. The molecule has 0 N–H and O–H groups in total. The Bertz CT molecular complexity index is 220. The standard InChI is InChI=1S/C9H15N2O4/c1-14-8(12)7-6-11(9(13)15-2)5-3-4-10-7/h7H,3-6H2,1-2H3. The Morgan fingerprint density at radius 2 is 2.07 bits per heavy atom. The summed E-state index contributed by atoms with van der Waals surface area (Å²) in [6, 6.07) is -0.586. The monoisotopic (exact) mass is 215 g/mol. The Morgan fingerprint density at radius 3 is 2.67 bits per heavy atom. The molecule has 1 saturated heterocycles. The van der Waals surface area contributed by atoms with Gasteiger partial charge in [-0.2, -0.15) is 0 Å². The summed E-state index contributed by atoms with van der Waals surface area (Å²) in [4.78, 5) is 24.0. The lowest BCUT2D eigenvalue weighted by molar-refractivity contribution is -0.143. The highest BCUT2D eigenvalue weighted by molar-refractivity contribution is 5.77. The topological polar surface area (TPSA) is 69.9 Å². The maximum absolute atomic E-state index is 11.3. The second-order valence-electron chi connectivity index (χ2n) is 3.21. The molecule has 1 rings (SSSR count). The van der Waals surface area contributed by atoms with Gasteiger partial charge in [0.2, 0.25) is 0 Å². The molecule has 6 heteroatoms. The minimum atomic E-state index is -0.586. The first-order chi connectivity index (χ1) is 7.19. The number of methoxy groups -OCH3 is 2. The Labute approximate surface area is 88.5 Å². The average molecular weight is 215 g/mol. The van der Waals surface area contributed by atoms with Gasteiger partial charge in [-0.1, -0.05) is 0 Å². The Hall–Kier alpha value is -1.30. The maximum atomic E-state index is 11.3. The van der Waals surface area contributed by atoms with E-state index in [4.69, 9.17) is 0 Å². The van der Waals surface area contributed by atoms with Crippen LogP contribution in [0, 0.1) is 0 Å². The fourth-order valence-corrected chi connectivity index (χ4v) is 1.45. The summed E-state index contributed by atoms with van der Waals surface area (Å²) >= 11 is 0. The van der Waals surface area contributed by atoms with Gasteiger partial charge in [-0.15, -0.1) is 0 Å². The Morgan fingerprint density at radius 1 is 1.33 bits per heavy atom. The third-order valence-corrected chi connectivity index (χ3v) is 2.24. The number of amides is 1. The van der Waals surface area contributed by atoms with Crippen molar-refractivity contribution in [3.05, 3.63) is 0 Å². The van der Waals surface area contributed by atoms with Crippen LogP contribution in [0.5, 0.6) is 0 Å². The van der Waals surface area contributed by atoms with Crippen molar-refractivity contribution in [3.63, 3.8) is 0 Å². The van der Waals surface area contributed by atoms with Crippen molar-refractivity contribution in [1.29, 1.82) is 0 Å². The first-order valence-corrected chi connectivity index (χ1v) is 4.76. The van der Waals surface area contributed by atoms with Crippen LogP contribution in [0.2, 0.25) is 0 Å². The number of carbonyl (C=O) groups is 2. The molecule has 0 bridgehead atoms. The summed E-state index contributed by atoms with van der Waals surface area (Å²) in [5.41, 5.74) is 0. The Kier molecular flexibility index (Phi) is 4.36. The molecule has 1 radical (unpaired) electrons. The predicted molar refractivity (Wildman–Crippen MR) is 51.4 cm³/mol. The molecular formula is C9H15N2O4. The van der Waals surface area contributed by atoms with Crippen LogP contribution in [-0.2, 0) is 14.3 Å². The molecule has 1 fully saturated rings. The van der Waals surface area contributed by atoms with E-state index in [-0.39, 0.29) is 6.54 Å². The molecule has 0 spiro atoms. The molecule has 1 amide bonds. The van der Waals surface area contributed by atoms with Crippen LogP contribution in [0.25, 0.3) is 0 Å². The van der Waals surface area contributed by atoms with Crippen LogP contribution >= 0.6 is 0 Å². The molecule has 1 unspecified atom stereocenters. The molecule has 0 aliphatic carbocycles. The lowest BCUT2D eigenvalue weighted by atomic mass is 10.3. The van der Waals surface area contributed by atoms with Gasteiger partial charge in [0.15, 0.2) is 0 Å². The van der Waals surface area contributed by atoms with E-state index in [9.17, 15) is 9.59 Å². The van der Waals surface area contributed by atoms with Gasteiger partial charge in [0.25, 0.3) is 0 Å². The van der Waals surface area contributed by atoms with E-state index in [1.807, 2.05) is 0 Å². The number of ether oxygens (including phenoxy) is 2. The van der Waals surface area contributed by atoms with Crippen LogP contribution in [0.4, 0.5) is 4.79 Å². The fourth-order valence-electron chi connectivity index (χ4n) is 1.45. The molecule has 1 heterocycles. The first kappa shape index (κ1) is 11.8. The summed E-state index contributed by atoms with van der Waals surface area (Å²) in [5, 5.41) is 4.14. The summed E-state index contributed by atoms with van der Waals surface area (Å²) in [5.74, 6) is -0.411. The van der Waals surface area contributed by atoms with E-state index in [1.54, 1.807) is 0 Å². The summed E-state index contributed by atoms with van der Waals surface area (Å²) in [7, 11) is 2.63. The van der Waals surface area contributed by atoms with Crippen LogP contribution < -0.4 is 5.32 Å². The maximum Gasteiger partial charge on any atom is 0.409 e. The summed E-state index contributed by atoms with van der Waals surface area (Å²) in [6.07, 6.45) is 0.309. The number of rotatable bonds is 1. The van der Waals surface area contributed by atoms with Gasteiger partial charge in [-0.25, -0.2) is 10.1 Å². The number of nitrogens with zero attached hydrogens (tertiary/aromatic N) is 2. The molecule has 0 saturated carbocycles. The van der Waals surface area contributed by atoms with Crippen LogP contribution in [0.3, 0.4) is 0 Å². The lowest BCUT2D eigenvalue weighted by Gasteiger charge is -2.20. The highest BCUT2D eigenvalue weighted by Gasteiger charge is 2.28. The Balaban J connectivity index is 2.60. The van der Waals surface area contributed by atoms with Crippen molar-refractivity contribution in [3.8, 4) is 0 Å². The third kappa shape index (κ3) is 3.09. The van der Waals surface area contributed by atoms with Crippen molar-refractivity contribution in [2.45, 2.75) is 12.5 Å². The first-order valence-electron chi connectivity index (χ1n) is 4.76. The summed E-state index contributed by atoms with van der Waals surface area (Å²) < 4.78 is 9.20. The van der Waals surface area contributed by atoms with Crippen molar-refractivity contribution >= 4 is 12.1 Å². The van der Waals surface area contributed by atoms with Gasteiger partial charge in [-0.3, -0.25) is 4.79 Å². The van der Waals surface area contributed by atoms with Gasteiger partial charge in [0, 0.05) is 13.1 Å². The highest BCUT2D eigenvalue weighted by atomic mass is 16.5. The van der Waals surface area contributed by atoms with Crippen molar-refractivity contribution in [2.75, 3.05) is 33.9 Å². The molecule has 0 aromatic heterocycles. The fraction of sp³-hybridized carbons (Fsp3) is 0.778. The predicted octanol–water partition coefficient (Wildman–Crippen LogP) is -0.395. The van der Waals surface area contributed by atoms with Gasteiger partial charge >= 0.3 is 12.1 Å². The molecule has 1 aliphatic heterocycles. The largest absolute Gasteiger partial charge is 0.468 e. The molecule has 0 aromatic carbocycles. The van der Waals surface area contributed by atoms with Crippen molar-refractivity contribution < 1.29 is 19.1 Å². The minimum absolute atomic E-state index is 0.235. The molecule has 1 aliphatic rings. The van der Waals surface area contributed by atoms with E-state index in [2.05, 4.69) is 14.8 Å². The van der Waals surface area contributed by atoms with Gasteiger partial charge in [0.1, 0.15) is 6.04 Å². The normalized spacial score (nSPS) is 21.7. The molecule has 15 heavy (non-hydrogen) atoms. The lowest BCUT2D eigenvalue weighted by Crippen LogP contribution is -2.43. The van der Waals surface area contributed by atoms with Gasteiger partial charge < -0.3 is 14.4 Å². The second kappa shape index (κ2) is 5.55. The molecule has 0 aromatic rings. The van der Waals surface area contributed by atoms with Gasteiger partial charge in [-0.05, 0) is 6.42 Å². The van der Waals surface area contributed by atoms with Crippen molar-refractivity contribution in [2.24, 2.45) is 0 Å². The molecule has 1 atom stereocenters. The number of hydrogen-bond donors (Lipinski definition) is 0. The van der Waals surface area contributed by atoms with E-state index in [1.165, 1.54) is 19.1 Å². The van der Waals surface area contributed by atoms with Crippen LogP contribution in [0.15, 0.2) is 0 Å². The van der Waals surface area contributed by atoms with Crippen LogP contribution in [0.1, 0.15) is 6.42 Å². The smallest absolute Gasteiger partial charge is 0.409 e. The van der Waals surface area contributed by atoms with E-state index in [0.29, 0.717) is 13.1 Å². The zero-order valence-electron chi connectivity index (χ0n) is 8.93. The highest BCUT2D eigenvalue weighted by Crippen LogP contribution is 2.05. The minimum Gasteiger partial charge on any atom is -0.468 e. The molecular weight excluding hydrogens is 200 g/mol. The van der Waals surface area contributed by atoms with Crippen molar-refractivity contribution in [1.82, 2.24) is 10.2 Å². The third-order valence-electron chi connectivity index (χ3n) is 2.24. The van der Waals surface area contributed by atoms with Gasteiger partial charge in [0.05, 0.1) is 20.8 Å².